The molecule has 1 aromatic carbocycles. The predicted molar refractivity (Wildman–Crippen MR) is 105 cm³/mol. The molecule has 1 saturated heterocycles. The summed E-state index contributed by atoms with van der Waals surface area (Å²) >= 11 is 1.44. The molecule has 0 saturated carbocycles. The number of carbonyl (C=O) groups excluding carboxylic acids is 1. The fourth-order valence-electron chi connectivity index (χ4n) is 3.59. The van der Waals surface area contributed by atoms with Crippen LogP contribution in [0.3, 0.4) is 0 Å². The zero-order valence-electron chi connectivity index (χ0n) is 15.4. The Morgan fingerprint density at radius 1 is 1.24 bits per heavy atom. The minimum Gasteiger partial charge on any atom is -0.329 e. The largest absolute Gasteiger partial charge is 0.401 e. The second kappa shape index (κ2) is 8.00. The van der Waals surface area contributed by atoms with Crippen molar-refractivity contribution in [3.05, 3.63) is 65.3 Å². The van der Waals surface area contributed by atoms with Crippen molar-refractivity contribution >= 4 is 17.2 Å². The summed E-state index contributed by atoms with van der Waals surface area (Å²) in [6.45, 7) is -0.395. The predicted octanol–water partition coefficient (Wildman–Crippen LogP) is 4.20. The fraction of sp³-hybridized carbons (Fsp3) is 0.300. The molecule has 1 unspecified atom stereocenters. The third-order valence-corrected chi connectivity index (χ3v) is 5.92. The third-order valence-electron chi connectivity index (χ3n) is 4.94. The van der Waals surface area contributed by atoms with Gasteiger partial charge in [-0.25, -0.2) is 0 Å². The highest BCUT2D eigenvalue weighted by atomic mass is 32.1. The Balaban J connectivity index is 1.58. The minimum atomic E-state index is -4.26. The van der Waals surface area contributed by atoms with E-state index in [9.17, 15) is 18.0 Å². The molecule has 1 fully saturated rings. The lowest BCUT2D eigenvalue weighted by Gasteiger charge is -2.41. The van der Waals surface area contributed by atoms with Gasteiger partial charge in [-0.3, -0.25) is 14.8 Å². The van der Waals surface area contributed by atoms with Crippen LogP contribution in [0.2, 0.25) is 0 Å². The molecule has 3 aromatic rings. The molecule has 1 atom stereocenters. The Morgan fingerprint density at radius 2 is 2.03 bits per heavy atom. The molecule has 1 aliphatic heterocycles. The first-order valence-electron chi connectivity index (χ1n) is 9.13. The maximum absolute atomic E-state index is 13.2. The first-order valence-corrected chi connectivity index (χ1v) is 10.0. The maximum Gasteiger partial charge on any atom is 0.401 e. The van der Waals surface area contributed by atoms with Crippen LogP contribution in [0.1, 0.15) is 22.0 Å². The number of carbonyl (C=O) groups is 1. The summed E-state index contributed by atoms with van der Waals surface area (Å²) in [4.78, 5) is 17.2. The van der Waals surface area contributed by atoms with E-state index in [4.69, 9.17) is 0 Å². The number of piperazine rings is 1. The van der Waals surface area contributed by atoms with Gasteiger partial charge in [0.1, 0.15) is 0 Å². The lowest BCUT2D eigenvalue weighted by atomic mass is 10.0. The molecule has 0 bridgehead atoms. The number of nitrogens with one attached hydrogen (secondary N) is 1. The number of nitrogens with zero attached hydrogens (tertiary/aromatic N) is 3. The third kappa shape index (κ3) is 4.51. The number of amides is 1. The normalized spacial score (nSPS) is 18.2. The van der Waals surface area contributed by atoms with Gasteiger partial charge in [0.2, 0.25) is 0 Å². The molecule has 2 aromatic heterocycles. The quantitative estimate of drug-likeness (QED) is 0.688. The summed E-state index contributed by atoms with van der Waals surface area (Å²) in [5, 5.41) is 8.45. The number of hydrogen-bond donors (Lipinski definition) is 1. The van der Waals surface area contributed by atoms with Gasteiger partial charge in [0.25, 0.3) is 5.91 Å². The Bertz CT molecular complexity index is 956. The first-order chi connectivity index (χ1) is 13.9. The van der Waals surface area contributed by atoms with E-state index in [0.29, 0.717) is 5.56 Å². The number of aromatic nitrogens is 2. The SMILES string of the molecule is O=C(c1csc(-c2cn[nH]c2)c1)N1CCN(CC(F)(F)F)CC1c1ccccc1. The molecule has 29 heavy (non-hydrogen) atoms. The van der Waals surface area contributed by atoms with Crippen LogP contribution < -0.4 is 0 Å². The van der Waals surface area contributed by atoms with E-state index in [1.165, 1.54) is 16.2 Å². The standard InChI is InChI=1S/C20H19F3N4OS/c21-20(22,23)13-26-6-7-27(17(11-26)14-4-2-1-3-5-14)19(28)15-8-18(29-12-15)16-9-24-25-10-16/h1-5,8-10,12,17H,6-7,11,13H2,(H,24,25). The van der Waals surface area contributed by atoms with E-state index in [0.717, 1.165) is 16.0 Å². The van der Waals surface area contributed by atoms with Crippen LogP contribution in [0.4, 0.5) is 13.2 Å². The number of H-pyrrole nitrogens is 1. The lowest BCUT2D eigenvalue weighted by Crippen LogP contribution is -2.52. The zero-order chi connectivity index (χ0) is 20.4. The molecule has 0 aliphatic carbocycles. The second-order valence-corrected chi connectivity index (χ2v) is 7.87. The average molecular weight is 420 g/mol. The summed E-state index contributed by atoms with van der Waals surface area (Å²) in [6, 6.07) is 10.6. The Kier molecular flexibility index (Phi) is 5.42. The lowest BCUT2D eigenvalue weighted by molar-refractivity contribution is -0.150. The average Bonchev–Trinajstić information content (AvgIpc) is 3.38. The highest BCUT2D eigenvalue weighted by molar-refractivity contribution is 7.13. The van der Waals surface area contributed by atoms with Crippen LogP contribution in [0.25, 0.3) is 10.4 Å². The van der Waals surface area contributed by atoms with Gasteiger partial charge in [-0.15, -0.1) is 11.3 Å². The number of rotatable bonds is 4. The van der Waals surface area contributed by atoms with Crippen molar-refractivity contribution in [2.24, 2.45) is 0 Å². The molecular formula is C20H19F3N4OS. The summed E-state index contributed by atoms with van der Waals surface area (Å²) in [5.41, 5.74) is 2.26. The van der Waals surface area contributed by atoms with Gasteiger partial charge >= 0.3 is 6.18 Å². The van der Waals surface area contributed by atoms with Crippen molar-refractivity contribution in [1.29, 1.82) is 0 Å². The van der Waals surface area contributed by atoms with E-state index >= 15 is 0 Å². The summed E-state index contributed by atoms with van der Waals surface area (Å²) < 4.78 is 38.7. The first kappa shape index (κ1) is 19.7. The van der Waals surface area contributed by atoms with Gasteiger partial charge in [-0.05, 0) is 11.6 Å². The van der Waals surface area contributed by atoms with E-state index in [1.807, 2.05) is 36.4 Å². The monoisotopic (exact) mass is 420 g/mol. The molecule has 1 N–H and O–H groups in total. The summed E-state index contributed by atoms with van der Waals surface area (Å²) in [5.74, 6) is -0.170. The minimum absolute atomic E-state index is 0.147. The molecule has 9 heteroatoms. The van der Waals surface area contributed by atoms with Crippen LogP contribution >= 0.6 is 11.3 Å². The molecule has 3 heterocycles. The van der Waals surface area contributed by atoms with E-state index in [1.54, 1.807) is 22.7 Å². The van der Waals surface area contributed by atoms with Crippen LogP contribution in [0, 0.1) is 0 Å². The smallest absolute Gasteiger partial charge is 0.329 e. The molecule has 1 amide bonds. The van der Waals surface area contributed by atoms with Crippen molar-refractivity contribution in [3.63, 3.8) is 0 Å². The number of halogens is 3. The van der Waals surface area contributed by atoms with Gasteiger partial charge in [-0.2, -0.15) is 18.3 Å². The number of thiophene rings is 1. The number of hydrogen-bond acceptors (Lipinski definition) is 4. The molecule has 0 radical (unpaired) electrons. The highest BCUT2D eigenvalue weighted by Gasteiger charge is 2.37. The van der Waals surface area contributed by atoms with Gasteiger partial charge < -0.3 is 4.90 Å². The fourth-order valence-corrected chi connectivity index (χ4v) is 4.46. The van der Waals surface area contributed by atoms with Crippen molar-refractivity contribution in [2.45, 2.75) is 12.2 Å². The van der Waals surface area contributed by atoms with E-state index in [-0.39, 0.29) is 25.5 Å². The Labute approximate surface area is 169 Å². The number of alkyl halides is 3. The zero-order valence-corrected chi connectivity index (χ0v) is 16.2. The Morgan fingerprint density at radius 3 is 2.72 bits per heavy atom. The number of aromatic amines is 1. The molecule has 0 spiro atoms. The molecule has 5 nitrogen and oxygen atoms in total. The molecule has 4 rings (SSSR count). The Hall–Kier alpha value is -2.65. The van der Waals surface area contributed by atoms with E-state index in [2.05, 4.69) is 10.2 Å². The summed E-state index contributed by atoms with van der Waals surface area (Å²) in [6.07, 6.45) is -0.828. The van der Waals surface area contributed by atoms with Crippen molar-refractivity contribution < 1.29 is 18.0 Å². The van der Waals surface area contributed by atoms with Crippen LogP contribution in [0.5, 0.6) is 0 Å². The molecular weight excluding hydrogens is 401 g/mol. The van der Waals surface area contributed by atoms with Crippen LogP contribution in [0.15, 0.2) is 54.2 Å². The topological polar surface area (TPSA) is 52.2 Å². The molecule has 152 valence electrons. The van der Waals surface area contributed by atoms with Gasteiger partial charge in [-0.1, -0.05) is 30.3 Å². The second-order valence-electron chi connectivity index (χ2n) is 6.96. The highest BCUT2D eigenvalue weighted by Crippen LogP contribution is 2.32. The van der Waals surface area contributed by atoms with Crippen LogP contribution in [-0.4, -0.2) is 58.3 Å². The van der Waals surface area contributed by atoms with Crippen molar-refractivity contribution in [2.75, 3.05) is 26.2 Å². The van der Waals surface area contributed by atoms with E-state index < -0.39 is 18.8 Å². The van der Waals surface area contributed by atoms with Gasteiger partial charge in [0.05, 0.1) is 24.3 Å². The van der Waals surface area contributed by atoms with Gasteiger partial charge in [0, 0.05) is 41.7 Å². The van der Waals surface area contributed by atoms with Crippen molar-refractivity contribution in [1.82, 2.24) is 20.0 Å². The maximum atomic E-state index is 13.2. The van der Waals surface area contributed by atoms with Crippen LogP contribution in [-0.2, 0) is 0 Å². The van der Waals surface area contributed by atoms with Crippen molar-refractivity contribution in [3.8, 4) is 10.4 Å². The van der Waals surface area contributed by atoms with Gasteiger partial charge in [0.15, 0.2) is 0 Å². The summed E-state index contributed by atoms with van der Waals surface area (Å²) in [7, 11) is 0. The number of benzene rings is 1. The molecule has 1 aliphatic rings.